The summed E-state index contributed by atoms with van der Waals surface area (Å²) in [6.07, 6.45) is 0.188. The topological polar surface area (TPSA) is 101 Å². The Morgan fingerprint density at radius 2 is 1.71 bits per heavy atom. The van der Waals surface area contributed by atoms with Crippen LogP contribution in [0.2, 0.25) is 0 Å². The van der Waals surface area contributed by atoms with E-state index in [2.05, 4.69) is 34.7 Å². The zero-order valence-corrected chi connectivity index (χ0v) is 19.2. The van der Waals surface area contributed by atoms with E-state index in [0.717, 1.165) is 21.8 Å². The van der Waals surface area contributed by atoms with Crippen molar-refractivity contribution < 1.29 is 13.2 Å². The van der Waals surface area contributed by atoms with Gasteiger partial charge >= 0.3 is 0 Å². The normalized spacial score (nSPS) is 12.5. The standard InChI is InChI=1S/C21H17BrN4O3S2/c22-15-9-11-16(12-10-15)23-21(27)18(13-14-5-2-1-3-6-14)26-31(28,29)19-8-4-7-17-20(19)25-30-24-17/h1-12,18,26H,13H2,(H,23,27)/t18-/m1/s1. The lowest BCUT2D eigenvalue weighted by molar-refractivity contribution is -0.117. The lowest BCUT2D eigenvalue weighted by Crippen LogP contribution is -2.45. The highest BCUT2D eigenvalue weighted by molar-refractivity contribution is 9.10. The molecular weight excluding hydrogens is 500 g/mol. The van der Waals surface area contributed by atoms with Gasteiger partial charge in [0.1, 0.15) is 22.0 Å². The number of nitrogens with zero attached hydrogens (tertiary/aromatic N) is 2. The van der Waals surface area contributed by atoms with Crippen molar-refractivity contribution in [3.05, 3.63) is 82.8 Å². The number of sulfonamides is 1. The number of fused-ring (bicyclic) bond motifs is 1. The van der Waals surface area contributed by atoms with Crippen LogP contribution < -0.4 is 10.0 Å². The molecule has 0 bridgehead atoms. The van der Waals surface area contributed by atoms with Crippen LogP contribution in [0.3, 0.4) is 0 Å². The van der Waals surface area contributed by atoms with E-state index in [4.69, 9.17) is 0 Å². The van der Waals surface area contributed by atoms with Crippen LogP contribution in [-0.2, 0) is 21.2 Å². The van der Waals surface area contributed by atoms with E-state index in [9.17, 15) is 13.2 Å². The van der Waals surface area contributed by atoms with E-state index in [1.54, 1.807) is 36.4 Å². The molecule has 158 valence electrons. The summed E-state index contributed by atoms with van der Waals surface area (Å²) < 4.78 is 38.0. The minimum absolute atomic E-state index is 0.00625. The molecule has 0 radical (unpaired) electrons. The Morgan fingerprint density at radius 1 is 0.968 bits per heavy atom. The number of rotatable bonds is 7. The molecular formula is C21H17BrN4O3S2. The van der Waals surface area contributed by atoms with E-state index >= 15 is 0 Å². The first-order valence-corrected chi connectivity index (χ1v) is 12.3. The quantitative estimate of drug-likeness (QED) is 0.386. The number of amides is 1. The van der Waals surface area contributed by atoms with Crippen LogP contribution in [0.5, 0.6) is 0 Å². The van der Waals surface area contributed by atoms with Crippen molar-refractivity contribution in [3.63, 3.8) is 0 Å². The minimum atomic E-state index is -4.03. The van der Waals surface area contributed by atoms with Crippen LogP contribution in [0.25, 0.3) is 11.0 Å². The van der Waals surface area contributed by atoms with Crippen molar-refractivity contribution in [1.82, 2.24) is 13.5 Å². The van der Waals surface area contributed by atoms with Gasteiger partial charge in [-0.15, -0.1) is 0 Å². The Morgan fingerprint density at radius 3 is 2.45 bits per heavy atom. The van der Waals surface area contributed by atoms with Crippen molar-refractivity contribution in [2.24, 2.45) is 0 Å². The lowest BCUT2D eigenvalue weighted by Gasteiger charge is -2.19. The smallest absolute Gasteiger partial charge is 0.243 e. The van der Waals surface area contributed by atoms with Crippen molar-refractivity contribution in [3.8, 4) is 0 Å². The molecule has 1 heterocycles. The molecule has 0 aliphatic heterocycles. The van der Waals surface area contributed by atoms with Crippen molar-refractivity contribution >= 4 is 60.3 Å². The number of anilines is 1. The maximum absolute atomic E-state index is 13.2. The maximum atomic E-state index is 13.2. The third-order valence-electron chi connectivity index (χ3n) is 4.55. The Bertz CT molecular complexity index is 1310. The van der Waals surface area contributed by atoms with Crippen molar-refractivity contribution in [2.75, 3.05) is 5.32 Å². The first-order valence-electron chi connectivity index (χ1n) is 9.26. The summed E-state index contributed by atoms with van der Waals surface area (Å²) in [4.78, 5) is 13.0. The van der Waals surface area contributed by atoms with Gasteiger partial charge in [-0.05, 0) is 48.4 Å². The first-order chi connectivity index (χ1) is 14.9. The SMILES string of the molecule is O=C(Nc1ccc(Br)cc1)[C@@H](Cc1ccccc1)NS(=O)(=O)c1cccc2nsnc12. The fourth-order valence-electron chi connectivity index (χ4n) is 3.05. The van der Waals surface area contributed by atoms with Gasteiger partial charge in [-0.2, -0.15) is 13.5 Å². The molecule has 7 nitrogen and oxygen atoms in total. The van der Waals surface area contributed by atoms with Crippen molar-refractivity contribution in [2.45, 2.75) is 17.4 Å². The second-order valence-corrected chi connectivity index (χ2v) is 9.87. The number of carbonyl (C=O) groups is 1. The Balaban J connectivity index is 1.64. The summed E-state index contributed by atoms with van der Waals surface area (Å²) in [6.45, 7) is 0. The van der Waals surface area contributed by atoms with Crippen LogP contribution in [0, 0.1) is 0 Å². The maximum Gasteiger partial charge on any atom is 0.243 e. The summed E-state index contributed by atoms with van der Waals surface area (Å²) >= 11 is 4.29. The Kier molecular flexibility index (Phi) is 6.42. The van der Waals surface area contributed by atoms with E-state index in [1.165, 1.54) is 6.07 Å². The van der Waals surface area contributed by atoms with E-state index in [0.29, 0.717) is 11.2 Å². The fraction of sp³-hybridized carbons (Fsp3) is 0.0952. The molecule has 0 aliphatic rings. The van der Waals surface area contributed by atoms with Gasteiger partial charge in [0.25, 0.3) is 0 Å². The highest BCUT2D eigenvalue weighted by atomic mass is 79.9. The highest BCUT2D eigenvalue weighted by Crippen LogP contribution is 2.22. The van der Waals surface area contributed by atoms with Gasteiger partial charge in [0, 0.05) is 10.2 Å². The Labute approximate surface area is 192 Å². The highest BCUT2D eigenvalue weighted by Gasteiger charge is 2.28. The second kappa shape index (κ2) is 9.23. The first kappa shape index (κ1) is 21.6. The van der Waals surface area contributed by atoms with E-state index in [-0.39, 0.29) is 16.8 Å². The zero-order chi connectivity index (χ0) is 21.8. The molecule has 4 rings (SSSR count). The summed E-state index contributed by atoms with van der Waals surface area (Å²) in [5.74, 6) is -0.460. The summed E-state index contributed by atoms with van der Waals surface area (Å²) in [5, 5.41) is 2.78. The number of carbonyl (C=O) groups excluding carboxylic acids is 1. The lowest BCUT2D eigenvalue weighted by atomic mass is 10.1. The largest absolute Gasteiger partial charge is 0.325 e. The molecule has 0 unspecified atom stereocenters. The summed E-state index contributed by atoms with van der Waals surface area (Å²) in [7, 11) is -4.03. The molecule has 31 heavy (non-hydrogen) atoms. The van der Waals surface area contributed by atoms with Gasteiger partial charge in [0.15, 0.2) is 0 Å². The molecule has 1 atom stereocenters. The van der Waals surface area contributed by atoms with E-state index in [1.807, 2.05) is 30.3 Å². The van der Waals surface area contributed by atoms with Gasteiger partial charge in [0.2, 0.25) is 15.9 Å². The van der Waals surface area contributed by atoms with Crippen LogP contribution in [-0.4, -0.2) is 29.1 Å². The molecule has 1 aromatic heterocycles. The minimum Gasteiger partial charge on any atom is -0.325 e. The summed E-state index contributed by atoms with van der Waals surface area (Å²) in [5.41, 5.74) is 2.17. The number of hydrogen-bond acceptors (Lipinski definition) is 6. The van der Waals surface area contributed by atoms with Crippen LogP contribution in [0.15, 0.2) is 82.2 Å². The van der Waals surface area contributed by atoms with Crippen LogP contribution in [0.1, 0.15) is 5.56 Å². The number of aromatic nitrogens is 2. The van der Waals surface area contributed by atoms with Gasteiger partial charge in [-0.3, -0.25) is 4.79 Å². The number of hydrogen-bond donors (Lipinski definition) is 2. The predicted octanol–water partition coefficient (Wildman–Crippen LogP) is 3.98. The molecule has 0 saturated heterocycles. The molecule has 0 saturated carbocycles. The van der Waals surface area contributed by atoms with Crippen LogP contribution >= 0.6 is 27.7 Å². The van der Waals surface area contributed by atoms with Crippen molar-refractivity contribution in [1.29, 1.82) is 0 Å². The molecule has 0 aliphatic carbocycles. The van der Waals surface area contributed by atoms with Crippen LogP contribution in [0.4, 0.5) is 5.69 Å². The monoisotopic (exact) mass is 516 g/mol. The van der Waals surface area contributed by atoms with Gasteiger partial charge in [0.05, 0.1) is 11.7 Å². The second-order valence-electron chi connectivity index (χ2n) is 6.75. The molecule has 4 aromatic rings. The third kappa shape index (κ3) is 5.16. The fourth-order valence-corrected chi connectivity index (χ4v) is 5.28. The number of benzene rings is 3. The third-order valence-corrected chi connectivity index (χ3v) is 7.12. The molecule has 1 amide bonds. The Hall–Kier alpha value is -2.66. The zero-order valence-electron chi connectivity index (χ0n) is 16.0. The molecule has 10 heteroatoms. The van der Waals surface area contributed by atoms with Gasteiger partial charge in [-0.1, -0.05) is 52.3 Å². The number of halogens is 1. The molecule has 2 N–H and O–H groups in total. The average Bonchev–Trinajstić information content (AvgIpc) is 3.24. The molecule has 0 spiro atoms. The average molecular weight is 517 g/mol. The molecule has 3 aromatic carbocycles. The number of nitrogens with one attached hydrogen (secondary N) is 2. The van der Waals surface area contributed by atoms with Gasteiger partial charge in [-0.25, -0.2) is 8.42 Å². The molecule has 0 fully saturated rings. The van der Waals surface area contributed by atoms with Gasteiger partial charge < -0.3 is 5.32 Å². The predicted molar refractivity (Wildman–Crippen MR) is 124 cm³/mol. The van der Waals surface area contributed by atoms with E-state index < -0.39 is 22.0 Å². The summed E-state index contributed by atoms with van der Waals surface area (Å²) in [6, 6.07) is 20.0.